The van der Waals surface area contributed by atoms with E-state index >= 15 is 0 Å². The SMILES string of the molecule is COC(=O)C(NCC(C)C#N)c1ccccc1. The van der Waals surface area contributed by atoms with Crippen LogP contribution in [-0.4, -0.2) is 19.6 Å². The summed E-state index contributed by atoms with van der Waals surface area (Å²) >= 11 is 0. The number of hydrogen-bond acceptors (Lipinski definition) is 4. The van der Waals surface area contributed by atoms with Crippen LogP contribution < -0.4 is 5.32 Å². The smallest absolute Gasteiger partial charge is 0.327 e. The highest BCUT2D eigenvalue weighted by molar-refractivity contribution is 5.77. The molecule has 0 spiro atoms. The summed E-state index contributed by atoms with van der Waals surface area (Å²) in [6.07, 6.45) is 0. The molecule has 0 aliphatic carbocycles. The summed E-state index contributed by atoms with van der Waals surface area (Å²) in [5.74, 6) is -0.493. The van der Waals surface area contributed by atoms with Gasteiger partial charge in [0, 0.05) is 6.54 Å². The van der Waals surface area contributed by atoms with Crippen LogP contribution in [0.25, 0.3) is 0 Å². The molecule has 0 saturated heterocycles. The van der Waals surface area contributed by atoms with E-state index in [1.54, 1.807) is 6.92 Å². The molecule has 4 nitrogen and oxygen atoms in total. The first-order valence-corrected chi connectivity index (χ1v) is 5.44. The lowest BCUT2D eigenvalue weighted by atomic mass is 10.1. The Labute approximate surface area is 101 Å². The Morgan fingerprint density at radius 1 is 1.47 bits per heavy atom. The van der Waals surface area contributed by atoms with Crippen LogP contribution in [0.4, 0.5) is 0 Å². The number of rotatable bonds is 5. The maximum Gasteiger partial charge on any atom is 0.327 e. The molecule has 0 bridgehead atoms. The number of methoxy groups -OCH3 is 1. The van der Waals surface area contributed by atoms with E-state index in [1.807, 2.05) is 30.3 Å². The Morgan fingerprint density at radius 3 is 2.65 bits per heavy atom. The zero-order valence-electron chi connectivity index (χ0n) is 10.0. The number of hydrogen-bond donors (Lipinski definition) is 1. The van der Waals surface area contributed by atoms with E-state index in [9.17, 15) is 4.79 Å². The van der Waals surface area contributed by atoms with Crippen molar-refractivity contribution < 1.29 is 9.53 Å². The molecular formula is C13H16N2O2. The Kier molecular flexibility index (Phi) is 5.18. The van der Waals surface area contributed by atoms with Gasteiger partial charge in [-0.05, 0) is 12.5 Å². The van der Waals surface area contributed by atoms with Gasteiger partial charge in [0.1, 0.15) is 6.04 Å². The number of nitrogens with zero attached hydrogens (tertiary/aromatic N) is 1. The van der Waals surface area contributed by atoms with Gasteiger partial charge in [-0.2, -0.15) is 5.26 Å². The van der Waals surface area contributed by atoms with Gasteiger partial charge in [-0.3, -0.25) is 5.32 Å². The summed E-state index contributed by atoms with van der Waals surface area (Å²) < 4.78 is 4.75. The molecule has 0 fully saturated rings. The van der Waals surface area contributed by atoms with Crippen molar-refractivity contribution in [3.05, 3.63) is 35.9 Å². The van der Waals surface area contributed by atoms with Crippen LogP contribution in [0.2, 0.25) is 0 Å². The molecule has 0 aromatic heterocycles. The van der Waals surface area contributed by atoms with Gasteiger partial charge in [0.2, 0.25) is 0 Å². The molecule has 1 aromatic rings. The third-order valence-corrected chi connectivity index (χ3v) is 2.42. The number of carbonyl (C=O) groups is 1. The Morgan fingerprint density at radius 2 is 2.12 bits per heavy atom. The molecule has 2 unspecified atom stereocenters. The molecule has 0 heterocycles. The minimum absolute atomic E-state index is 0.147. The van der Waals surface area contributed by atoms with Crippen LogP contribution in [0.1, 0.15) is 18.5 Å². The number of nitrogens with one attached hydrogen (secondary N) is 1. The van der Waals surface area contributed by atoms with Gasteiger partial charge in [-0.15, -0.1) is 0 Å². The lowest BCUT2D eigenvalue weighted by molar-refractivity contribution is -0.143. The molecule has 0 aliphatic heterocycles. The number of benzene rings is 1. The van der Waals surface area contributed by atoms with E-state index in [4.69, 9.17) is 10.00 Å². The van der Waals surface area contributed by atoms with E-state index in [0.29, 0.717) is 6.54 Å². The number of carbonyl (C=O) groups excluding carboxylic acids is 1. The molecule has 4 heteroatoms. The van der Waals surface area contributed by atoms with Crippen LogP contribution in [0, 0.1) is 17.2 Å². The van der Waals surface area contributed by atoms with Crippen LogP contribution in [-0.2, 0) is 9.53 Å². The summed E-state index contributed by atoms with van der Waals surface area (Å²) in [5.41, 5.74) is 0.837. The Bertz CT molecular complexity index is 398. The monoisotopic (exact) mass is 232 g/mol. The second-order valence-corrected chi connectivity index (χ2v) is 3.81. The third-order valence-electron chi connectivity index (χ3n) is 2.42. The molecule has 0 amide bonds. The minimum atomic E-state index is -0.517. The predicted molar refractivity (Wildman–Crippen MR) is 64.0 cm³/mol. The van der Waals surface area contributed by atoms with Crippen molar-refractivity contribution in [3.63, 3.8) is 0 Å². The summed E-state index contributed by atoms with van der Waals surface area (Å²) in [5, 5.41) is 11.7. The van der Waals surface area contributed by atoms with Crippen LogP contribution in [0.3, 0.4) is 0 Å². The second-order valence-electron chi connectivity index (χ2n) is 3.81. The molecule has 1 N–H and O–H groups in total. The molecule has 1 aromatic carbocycles. The first-order valence-electron chi connectivity index (χ1n) is 5.44. The first kappa shape index (κ1) is 13.2. The van der Waals surface area contributed by atoms with Crippen molar-refractivity contribution in [2.24, 2.45) is 5.92 Å². The summed E-state index contributed by atoms with van der Waals surface area (Å²) in [4.78, 5) is 11.6. The molecule has 1 rings (SSSR count). The van der Waals surface area contributed by atoms with E-state index < -0.39 is 6.04 Å². The maximum absolute atomic E-state index is 11.6. The molecule has 2 atom stereocenters. The lowest BCUT2D eigenvalue weighted by Crippen LogP contribution is -2.32. The largest absolute Gasteiger partial charge is 0.468 e. The average molecular weight is 232 g/mol. The Hall–Kier alpha value is -1.86. The number of nitriles is 1. The van der Waals surface area contributed by atoms with Gasteiger partial charge >= 0.3 is 5.97 Å². The molecular weight excluding hydrogens is 216 g/mol. The molecule has 90 valence electrons. The quantitative estimate of drug-likeness (QED) is 0.784. The fourth-order valence-corrected chi connectivity index (χ4v) is 1.44. The normalized spacial score (nSPS) is 13.5. The van der Waals surface area contributed by atoms with Gasteiger partial charge in [-0.1, -0.05) is 30.3 Å². The van der Waals surface area contributed by atoms with Crippen molar-refractivity contribution in [3.8, 4) is 6.07 Å². The van der Waals surface area contributed by atoms with Crippen molar-refractivity contribution in [1.82, 2.24) is 5.32 Å². The average Bonchev–Trinajstić information content (AvgIpc) is 2.39. The molecule has 0 radical (unpaired) electrons. The summed E-state index contributed by atoms with van der Waals surface area (Å²) in [7, 11) is 1.35. The minimum Gasteiger partial charge on any atom is -0.468 e. The van der Waals surface area contributed by atoms with Gasteiger partial charge in [-0.25, -0.2) is 4.79 Å². The molecule has 0 aliphatic rings. The van der Waals surface area contributed by atoms with E-state index in [2.05, 4.69) is 11.4 Å². The van der Waals surface area contributed by atoms with Gasteiger partial charge in [0.05, 0.1) is 19.1 Å². The van der Waals surface area contributed by atoms with Crippen LogP contribution in [0.15, 0.2) is 30.3 Å². The maximum atomic E-state index is 11.6. The fourth-order valence-electron chi connectivity index (χ4n) is 1.44. The zero-order chi connectivity index (χ0) is 12.7. The lowest BCUT2D eigenvalue weighted by Gasteiger charge is -2.17. The standard InChI is InChI=1S/C13H16N2O2/c1-10(8-14)9-15-12(13(16)17-2)11-6-4-3-5-7-11/h3-7,10,12,15H,9H2,1-2H3. The summed E-state index contributed by atoms with van der Waals surface area (Å²) in [6.45, 7) is 2.25. The second kappa shape index (κ2) is 6.66. The van der Waals surface area contributed by atoms with E-state index in [-0.39, 0.29) is 11.9 Å². The predicted octanol–water partition coefficient (Wildman–Crippen LogP) is 1.65. The fraction of sp³-hybridized carbons (Fsp3) is 0.385. The van der Waals surface area contributed by atoms with E-state index in [0.717, 1.165) is 5.56 Å². The topological polar surface area (TPSA) is 62.1 Å². The van der Waals surface area contributed by atoms with Crippen molar-refractivity contribution in [1.29, 1.82) is 5.26 Å². The Balaban J connectivity index is 2.76. The van der Waals surface area contributed by atoms with Crippen LogP contribution >= 0.6 is 0 Å². The highest BCUT2D eigenvalue weighted by Gasteiger charge is 2.20. The van der Waals surface area contributed by atoms with Crippen molar-refractivity contribution in [2.75, 3.05) is 13.7 Å². The van der Waals surface area contributed by atoms with Gasteiger partial charge in [0.25, 0.3) is 0 Å². The van der Waals surface area contributed by atoms with Gasteiger partial charge in [0.15, 0.2) is 0 Å². The van der Waals surface area contributed by atoms with E-state index in [1.165, 1.54) is 7.11 Å². The number of ether oxygens (including phenoxy) is 1. The van der Waals surface area contributed by atoms with Crippen molar-refractivity contribution in [2.45, 2.75) is 13.0 Å². The highest BCUT2D eigenvalue weighted by Crippen LogP contribution is 2.14. The summed E-state index contributed by atoms with van der Waals surface area (Å²) in [6, 6.07) is 10.9. The molecule has 0 saturated carbocycles. The van der Waals surface area contributed by atoms with Gasteiger partial charge < -0.3 is 4.74 Å². The number of esters is 1. The first-order chi connectivity index (χ1) is 8.19. The molecule has 17 heavy (non-hydrogen) atoms. The third kappa shape index (κ3) is 3.89. The van der Waals surface area contributed by atoms with Crippen molar-refractivity contribution >= 4 is 5.97 Å². The highest BCUT2D eigenvalue weighted by atomic mass is 16.5. The zero-order valence-corrected chi connectivity index (χ0v) is 10.0. The van der Waals surface area contributed by atoms with Crippen LogP contribution in [0.5, 0.6) is 0 Å².